The molecule has 1 rings (SSSR count). The van der Waals surface area contributed by atoms with Gasteiger partial charge in [0.15, 0.2) is 0 Å². The van der Waals surface area contributed by atoms with Crippen molar-refractivity contribution in [3.63, 3.8) is 0 Å². The predicted molar refractivity (Wildman–Crippen MR) is 84.7 cm³/mol. The van der Waals surface area contributed by atoms with Gasteiger partial charge in [0.2, 0.25) is 0 Å². The molecule has 0 aliphatic carbocycles. The molecule has 91 valence electrons. The summed E-state index contributed by atoms with van der Waals surface area (Å²) in [5.41, 5.74) is 0. The van der Waals surface area contributed by atoms with E-state index < -0.39 is 19.8 Å². The van der Waals surface area contributed by atoms with E-state index in [2.05, 4.69) is 56.4 Å². The van der Waals surface area contributed by atoms with Gasteiger partial charge in [-0.15, -0.1) is 0 Å². The summed E-state index contributed by atoms with van der Waals surface area (Å²) < 4.78 is 0. The van der Waals surface area contributed by atoms with Gasteiger partial charge in [-0.3, -0.25) is 0 Å². The monoisotopic (exact) mass is 373 g/mol. The maximum absolute atomic E-state index is 2.42. The van der Waals surface area contributed by atoms with Gasteiger partial charge in [0.1, 0.15) is 0 Å². The molecule has 0 nitrogen and oxygen atoms in total. The molecule has 1 aromatic rings. The van der Waals surface area contributed by atoms with Crippen LogP contribution in [0.3, 0.4) is 0 Å². The zero-order valence-electron chi connectivity index (χ0n) is 11.9. The summed E-state index contributed by atoms with van der Waals surface area (Å²) in [4.78, 5) is 7.09. The Morgan fingerprint density at radius 1 is 0.733 bits per heavy atom. The molecule has 1 heterocycles. The molecule has 0 bridgehead atoms. The van der Waals surface area contributed by atoms with E-state index in [0.717, 1.165) is 0 Å². The Balaban J connectivity index is 0.000000423. The molecule has 15 heavy (non-hydrogen) atoms. The third kappa shape index (κ3) is 7.59. The summed E-state index contributed by atoms with van der Waals surface area (Å²) in [6, 6.07) is 0. The van der Waals surface area contributed by atoms with Crippen molar-refractivity contribution in [1.82, 2.24) is 0 Å². The van der Waals surface area contributed by atoms with E-state index in [9.17, 15) is 0 Å². The molecule has 0 saturated carbocycles. The number of hydrogen-bond acceptors (Lipinski definition) is 0. The van der Waals surface area contributed by atoms with Crippen LogP contribution in [0.1, 0.15) is 41.5 Å². The average Bonchev–Trinajstić information content (AvgIpc) is 2.55. The SMILES string of the molecule is CC(C)(C)p1[pH]p1C(C)(C)C.[CH3][Sn]([CH3])[CH3]. The van der Waals surface area contributed by atoms with Crippen LogP contribution < -0.4 is 0 Å². The van der Waals surface area contributed by atoms with Crippen molar-refractivity contribution in [2.45, 2.75) is 66.7 Å². The number of hydrogen-bond donors (Lipinski definition) is 0. The molecular weight excluding hydrogens is 344 g/mol. The van der Waals surface area contributed by atoms with Gasteiger partial charge >= 0.3 is 34.6 Å². The zero-order valence-corrected chi connectivity index (χ0v) is 17.5. The minimum absolute atomic E-state index is 0.450. The van der Waals surface area contributed by atoms with Gasteiger partial charge in [-0.05, 0) is 0 Å². The summed E-state index contributed by atoms with van der Waals surface area (Å²) in [7, 11) is 1.35. The van der Waals surface area contributed by atoms with Crippen LogP contribution in [0, 0.1) is 0 Å². The summed E-state index contributed by atoms with van der Waals surface area (Å²) in [6.45, 7) is 15.4. The molecule has 0 N–H and O–H groups in total. The van der Waals surface area contributed by atoms with Gasteiger partial charge < -0.3 is 0 Å². The normalized spacial score (nSPS) is 15.9. The summed E-state index contributed by atoms with van der Waals surface area (Å²) in [5.74, 6) is 0. The first-order valence-corrected chi connectivity index (χ1v) is 20.2. The first-order chi connectivity index (χ1) is 6.46. The minimum atomic E-state index is -0.543. The third-order valence-electron chi connectivity index (χ3n) is 1.62. The molecule has 2 atom stereocenters. The molecular formula is C11H28P3Sn. The van der Waals surface area contributed by atoms with Crippen LogP contribution in [-0.2, 0) is 10.3 Å². The third-order valence-corrected chi connectivity index (χ3v) is 20.0. The summed E-state index contributed by atoms with van der Waals surface area (Å²) in [5, 5.41) is 1.29. The first-order valence-electron chi connectivity index (χ1n) is 5.59. The van der Waals surface area contributed by atoms with Crippen LogP contribution >= 0.6 is 21.3 Å². The molecule has 0 spiro atoms. The van der Waals surface area contributed by atoms with Gasteiger partial charge in [0.25, 0.3) is 0 Å². The zero-order chi connectivity index (χ0) is 12.4. The molecule has 1 aromatic heterocycles. The van der Waals surface area contributed by atoms with Crippen molar-refractivity contribution in [2.75, 3.05) is 0 Å². The molecule has 0 aliphatic heterocycles. The molecule has 1 radical (unpaired) electrons. The fraction of sp³-hybridized carbons (Fsp3) is 1.00. The van der Waals surface area contributed by atoms with Crippen molar-refractivity contribution >= 4 is 41.1 Å². The van der Waals surface area contributed by atoms with E-state index in [4.69, 9.17) is 0 Å². The Hall–Kier alpha value is 1.70. The second-order valence-corrected chi connectivity index (χ2v) is 29.0. The van der Waals surface area contributed by atoms with Crippen LogP contribution in [0.25, 0.3) is 0 Å². The Bertz CT molecular complexity index is 239. The molecule has 0 amide bonds. The molecule has 0 fully saturated rings. The van der Waals surface area contributed by atoms with Crippen molar-refractivity contribution < 1.29 is 0 Å². The maximum atomic E-state index is 2.42. The van der Waals surface area contributed by atoms with E-state index in [1.54, 1.807) is 0 Å². The molecule has 0 aliphatic rings. The van der Waals surface area contributed by atoms with E-state index in [1.807, 2.05) is 0 Å². The molecule has 2 unspecified atom stereocenters. The van der Waals surface area contributed by atoms with Crippen LogP contribution in [0.2, 0.25) is 14.8 Å². The fourth-order valence-corrected chi connectivity index (χ4v) is 23.2. The van der Waals surface area contributed by atoms with Gasteiger partial charge in [-0.1, -0.05) is 62.9 Å². The van der Waals surface area contributed by atoms with Crippen LogP contribution in [-0.4, -0.2) is 19.8 Å². The molecule has 4 heteroatoms. The predicted octanol–water partition coefficient (Wildman–Crippen LogP) is 6.57. The van der Waals surface area contributed by atoms with Crippen molar-refractivity contribution in [2.24, 2.45) is 0 Å². The number of rotatable bonds is 0. The Morgan fingerprint density at radius 3 is 1.00 bits per heavy atom. The van der Waals surface area contributed by atoms with Crippen molar-refractivity contribution in [3.8, 4) is 0 Å². The van der Waals surface area contributed by atoms with E-state index in [-0.39, 0.29) is 0 Å². The van der Waals surface area contributed by atoms with Crippen molar-refractivity contribution in [1.29, 1.82) is 0 Å². The van der Waals surface area contributed by atoms with Gasteiger partial charge in [-0.2, -0.15) is 0 Å². The van der Waals surface area contributed by atoms with E-state index in [1.165, 1.54) is 7.55 Å². The van der Waals surface area contributed by atoms with E-state index >= 15 is 0 Å². The standard InChI is InChI=1S/C8H19P3.3CH3.Sn/c1-7(2,3)10-9-11(10)8(4,5)6;;;;/h9H,1-6H3;3*1H3;. The van der Waals surface area contributed by atoms with Gasteiger partial charge in [-0.25, -0.2) is 0 Å². The molecule has 0 aromatic carbocycles. The average molecular weight is 372 g/mol. The molecule has 0 saturated heterocycles. The van der Waals surface area contributed by atoms with E-state index in [0.29, 0.717) is 24.1 Å². The van der Waals surface area contributed by atoms with Crippen LogP contribution in [0.4, 0.5) is 0 Å². The summed E-state index contributed by atoms with van der Waals surface area (Å²) in [6.07, 6.45) is 0. The van der Waals surface area contributed by atoms with Gasteiger partial charge in [0.05, 0.1) is 0 Å². The van der Waals surface area contributed by atoms with Crippen molar-refractivity contribution in [3.05, 3.63) is 0 Å². The Kier molecular flexibility index (Phi) is 6.72. The second kappa shape index (κ2) is 6.04. The quantitative estimate of drug-likeness (QED) is 0.452. The summed E-state index contributed by atoms with van der Waals surface area (Å²) >= 11 is -0.543. The first kappa shape index (κ1) is 16.7. The van der Waals surface area contributed by atoms with Crippen LogP contribution in [0.15, 0.2) is 0 Å². The Labute approximate surface area is 107 Å². The Morgan fingerprint density at radius 2 is 0.933 bits per heavy atom. The second-order valence-electron chi connectivity index (χ2n) is 6.57. The fourth-order valence-electron chi connectivity index (χ4n) is 0.970. The van der Waals surface area contributed by atoms with Crippen LogP contribution in [0.5, 0.6) is 0 Å². The topological polar surface area (TPSA) is 0 Å². The van der Waals surface area contributed by atoms with Gasteiger partial charge in [0, 0.05) is 10.3 Å².